The van der Waals surface area contributed by atoms with Gasteiger partial charge in [0, 0.05) is 10.6 Å². The van der Waals surface area contributed by atoms with Crippen LogP contribution in [-0.4, -0.2) is 22.1 Å². The Morgan fingerprint density at radius 1 is 1.33 bits per heavy atom. The van der Waals surface area contributed by atoms with Gasteiger partial charge in [0.25, 0.3) is 5.56 Å². The first kappa shape index (κ1) is 18.1. The summed E-state index contributed by atoms with van der Waals surface area (Å²) in [5, 5.41) is 0.400. The Kier molecular flexibility index (Phi) is 5.72. The summed E-state index contributed by atoms with van der Waals surface area (Å²) in [5.41, 5.74) is 6.51. The molecule has 0 amide bonds. The van der Waals surface area contributed by atoms with Crippen LogP contribution in [0.1, 0.15) is 39.7 Å². The summed E-state index contributed by atoms with van der Waals surface area (Å²) in [4.78, 5) is 25.4. The van der Waals surface area contributed by atoms with Crippen LogP contribution in [-0.2, 0) is 4.74 Å². The van der Waals surface area contributed by atoms with Gasteiger partial charge in [-0.3, -0.25) is 4.79 Å². The van der Waals surface area contributed by atoms with E-state index in [0.717, 1.165) is 4.68 Å². The predicted octanol–water partition coefficient (Wildman–Crippen LogP) is 3.92. The molecule has 2 rings (SSSR count). The number of hydrogen-bond donors (Lipinski definition) is 1. The first-order valence-electron chi connectivity index (χ1n) is 7.98. The minimum atomic E-state index is -0.662. The zero-order valence-electron chi connectivity index (χ0n) is 14.1. The summed E-state index contributed by atoms with van der Waals surface area (Å²) in [5.74, 6) is 0.0366. The van der Waals surface area contributed by atoms with Crippen molar-refractivity contribution in [3.05, 3.63) is 39.6 Å². The molecule has 130 valence electrons. The van der Waals surface area contributed by atoms with Crippen molar-refractivity contribution in [2.24, 2.45) is 0 Å². The van der Waals surface area contributed by atoms with Crippen molar-refractivity contribution in [3.63, 3.8) is 0 Å². The highest BCUT2D eigenvalue weighted by Crippen LogP contribution is 2.30. The molecule has 0 aliphatic heterocycles. The van der Waals surface area contributed by atoms with Gasteiger partial charge in [0.1, 0.15) is 5.82 Å². The van der Waals surface area contributed by atoms with E-state index >= 15 is 0 Å². The van der Waals surface area contributed by atoms with Crippen molar-refractivity contribution in [3.8, 4) is 11.1 Å². The quantitative estimate of drug-likeness (QED) is 0.885. The van der Waals surface area contributed by atoms with Gasteiger partial charge in [-0.25, -0.2) is 9.48 Å². The number of benzene rings is 1. The Hall–Kier alpha value is -2.21. The molecule has 1 heterocycles. The van der Waals surface area contributed by atoms with Gasteiger partial charge >= 0.3 is 6.09 Å². The lowest BCUT2D eigenvalue weighted by Gasteiger charge is -2.16. The van der Waals surface area contributed by atoms with Crippen molar-refractivity contribution in [2.45, 2.75) is 39.7 Å². The van der Waals surface area contributed by atoms with Crippen molar-refractivity contribution in [1.29, 1.82) is 0 Å². The molecule has 0 spiro atoms. The number of carbonyl (C=O) groups excluding carboxylic acids is 1. The molecule has 7 heteroatoms. The largest absolute Gasteiger partial charge is 0.448 e. The van der Waals surface area contributed by atoms with Crippen LogP contribution in [0.3, 0.4) is 0 Å². The van der Waals surface area contributed by atoms with Gasteiger partial charge in [-0.15, -0.1) is 0 Å². The zero-order valence-corrected chi connectivity index (χ0v) is 14.8. The highest BCUT2D eigenvalue weighted by atomic mass is 35.5. The molecule has 2 aromatic rings. The summed E-state index contributed by atoms with van der Waals surface area (Å²) in [6, 6.07) is 6.70. The monoisotopic (exact) mass is 351 g/mol. The maximum absolute atomic E-state index is 12.9. The Morgan fingerprint density at radius 2 is 2.00 bits per heavy atom. The van der Waals surface area contributed by atoms with E-state index in [2.05, 4.69) is 0 Å². The standard InChI is InChI=1S/C17H22ClN3O3/c1-4-10-24-17(23)21-15(19)14(12-8-6-7-9-13(12)18)16(22)20(21)11(3)5-2/h6-9,11H,4-5,10,19H2,1-3H3. The molecule has 2 N–H and O–H groups in total. The number of anilines is 1. The molecular formula is C17H22ClN3O3. The molecular weight excluding hydrogens is 330 g/mol. The fraction of sp³-hybridized carbons (Fsp3) is 0.412. The van der Waals surface area contributed by atoms with E-state index in [0.29, 0.717) is 23.4 Å². The summed E-state index contributed by atoms with van der Waals surface area (Å²) in [6.45, 7) is 5.92. The fourth-order valence-electron chi connectivity index (χ4n) is 2.46. The topological polar surface area (TPSA) is 79.2 Å². The normalized spacial score (nSPS) is 12.2. The Labute approximate surface area is 145 Å². The summed E-state index contributed by atoms with van der Waals surface area (Å²) < 4.78 is 7.63. The minimum Gasteiger partial charge on any atom is -0.448 e. The Morgan fingerprint density at radius 3 is 2.58 bits per heavy atom. The second-order valence-corrected chi connectivity index (χ2v) is 5.98. The van der Waals surface area contributed by atoms with Crippen LogP contribution in [0.15, 0.2) is 29.1 Å². The van der Waals surface area contributed by atoms with E-state index in [1.54, 1.807) is 24.3 Å². The molecule has 1 atom stereocenters. The molecule has 1 unspecified atom stereocenters. The highest BCUT2D eigenvalue weighted by molar-refractivity contribution is 6.33. The van der Waals surface area contributed by atoms with E-state index < -0.39 is 6.09 Å². The van der Waals surface area contributed by atoms with Gasteiger partial charge < -0.3 is 10.5 Å². The molecule has 0 saturated heterocycles. The van der Waals surface area contributed by atoms with Crippen LogP contribution in [0.5, 0.6) is 0 Å². The predicted molar refractivity (Wildman–Crippen MR) is 95.6 cm³/mol. The minimum absolute atomic E-state index is 0.0366. The molecule has 24 heavy (non-hydrogen) atoms. The molecule has 0 radical (unpaired) electrons. The summed E-state index contributed by atoms with van der Waals surface area (Å²) in [6.07, 6.45) is 0.676. The number of nitrogens with two attached hydrogens (primary N) is 1. The number of nitrogens with zero attached hydrogens (tertiary/aromatic N) is 2. The van der Waals surface area contributed by atoms with Crippen molar-refractivity contribution < 1.29 is 9.53 Å². The number of rotatable bonds is 5. The van der Waals surface area contributed by atoms with Gasteiger partial charge in [0.05, 0.1) is 18.2 Å². The number of hydrogen-bond acceptors (Lipinski definition) is 4. The average Bonchev–Trinajstić information content (AvgIpc) is 2.83. The van der Waals surface area contributed by atoms with Crippen LogP contribution < -0.4 is 11.3 Å². The number of halogens is 1. The maximum Gasteiger partial charge on any atom is 0.435 e. The lowest BCUT2D eigenvalue weighted by atomic mass is 10.1. The molecule has 0 fully saturated rings. The van der Waals surface area contributed by atoms with Crippen LogP contribution >= 0.6 is 11.6 Å². The third-order valence-electron chi connectivity index (χ3n) is 3.88. The maximum atomic E-state index is 12.9. The van der Waals surface area contributed by atoms with Crippen LogP contribution in [0.25, 0.3) is 11.1 Å². The second-order valence-electron chi connectivity index (χ2n) is 5.57. The van der Waals surface area contributed by atoms with Gasteiger partial charge in [-0.2, -0.15) is 4.68 Å². The molecule has 6 nitrogen and oxygen atoms in total. The van der Waals surface area contributed by atoms with E-state index in [1.807, 2.05) is 20.8 Å². The Bertz CT molecular complexity index is 795. The van der Waals surface area contributed by atoms with E-state index in [9.17, 15) is 9.59 Å². The van der Waals surface area contributed by atoms with Crippen molar-refractivity contribution >= 4 is 23.5 Å². The second kappa shape index (κ2) is 7.57. The smallest absolute Gasteiger partial charge is 0.435 e. The molecule has 0 aliphatic rings. The van der Waals surface area contributed by atoms with Gasteiger partial charge in [-0.05, 0) is 25.8 Å². The zero-order chi connectivity index (χ0) is 17.9. The molecule has 1 aromatic carbocycles. The van der Waals surface area contributed by atoms with E-state index in [-0.39, 0.29) is 29.6 Å². The summed E-state index contributed by atoms with van der Waals surface area (Å²) in [7, 11) is 0. The van der Waals surface area contributed by atoms with Crippen LogP contribution in [0.2, 0.25) is 5.02 Å². The lowest BCUT2D eigenvalue weighted by Crippen LogP contribution is -2.31. The van der Waals surface area contributed by atoms with Crippen LogP contribution in [0, 0.1) is 0 Å². The third-order valence-corrected chi connectivity index (χ3v) is 4.21. The van der Waals surface area contributed by atoms with Crippen molar-refractivity contribution in [1.82, 2.24) is 9.36 Å². The Balaban J connectivity index is 2.71. The van der Waals surface area contributed by atoms with Crippen LogP contribution in [0.4, 0.5) is 10.6 Å². The fourth-order valence-corrected chi connectivity index (χ4v) is 2.69. The SMILES string of the molecule is CCCOC(=O)n1c(N)c(-c2ccccc2Cl)c(=O)n1C(C)CC. The molecule has 0 saturated carbocycles. The van der Waals surface area contributed by atoms with Gasteiger partial charge in [0.15, 0.2) is 0 Å². The number of aromatic nitrogens is 2. The molecule has 0 aliphatic carbocycles. The third kappa shape index (κ3) is 3.19. The lowest BCUT2D eigenvalue weighted by molar-refractivity contribution is 0.138. The molecule has 0 bridgehead atoms. The average molecular weight is 352 g/mol. The van der Waals surface area contributed by atoms with Gasteiger partial charge in [0.2, 0.25) is 0 Å². The number of nitrogen functional groups attached to an aromatic ring is 1. The molecule has 1 aromatic heterocycles. The number of ether oxygens (including phenoxy) is 1. The highest BCUT2D eigenvalue weighted by Gasteiger charge is 2.27. The van der Waals surface area contributed by atoms with Gasteiger partial charge in [-0.1, -0.05) is 43.6 Å². The number of carbonyl (C=O) groups is 1. The van der Waals surface area contributed by atoms with E-state index in [4.69, 9.17) is 22.1 Å². The first-order valence-corrected chi connectivity index (χ1v) is 8.36. The van der Waals surface area contributed by atoms with Crippen molar-refractivity contribution in [2.75, 3.05) is 12.3 Å². The first-order chi connectivity index (χ1) is 11.4. The summed E-state index contributed by atoms with van der Waals surface area (Å²) >= 11 is 6.21. The van der Waals surface area contributed by atoms with E-state index in [1.165, 1.54) is 4.68 Å².